The molecular weight excluding hydrogens is 230 g/mol. The highest BCUT2D eigenvalue weighted by atomic mass is 35.5. The van der Waals surface area contributed by atoms with Crippen molar-refractivity contribution in [2.75, 3.05) is 13.1 Å². The summed E-state index contributed by atoms with van der Waals surface area (Å²) in [5.74, 6) is 0.750. The lowest BCUT2D eigenvalue weighted by Gasteiger charge is -2.23. The van der Waals surface area contributed by atoms with E-state index in [1.54, 1.807) is 0 Å². The summed E-state index contributed by atoms with van der Waals surface area (Å²) in [6.45, 7) is 8.31. The lowest BCUT2D eigenvalue weighted by molar-refractivity contribution is 0.376. The molecule has 1 aliphatic heterocycles. The van der Waals surface area contributed by atoms with Gasteiger partial charge in [-0.15, -0.1) is 0 Å². The topological polar surface area (TPSA) is 12.0 Å². The van der Waals surface area contributed by atoms with Crippen LogP contribution in [0.25, 0.3) is 5.57 Å². The van der Waals surface area contributed by atoms with Crippen molar-refractivity contribution in [2.24, 2.45) is 5.92 Å². The van der Waals surface area contributed by atoms with Gasteiger partial charge in [0.05, 0.1) is 0 Å². The Labute approximate surface area is 109 Å². The van der Waals surface area contributed by atoms with Gasteiger partial charge in [0.2, 0.25) is 0 Å². The highest BCUT2D eigenvalue weighted by Crippen LogP contribution is 2.23. The zero-order valence-electron chi connectivity index (χ0n) is 10.4. The van der Waals surface area contributed by atoms with E-state index in [-0.39, 0.29) is 0 Å². The predicted octanol–water partition coefficient (Wildman–Crippen LogP) is 3.92. The molecule has 1 atom stereocenters. The summed E-state index contributed by atoms with van der Waals surface area (Å²) in [5, 5.41) is 4.28. The number of hydrogen-bond donors (Lipinski definition) is 1. The van der Waals surface area contributed by atoms with E-state index in [0.717, 1.165) is 35.0 Å². The van der Waals surface area contributed by atoms with Crippen molar-refractivity contribution >= 4 is 17.2 Å². The third-order valence-electron chi connectivity index (χ3n) is 3.37. The molecule has 1 aliphatic rings. The quantitative estimate of drug-likeness (QED) is 0.856. The molecule has 0 amide bonds. The molecule has 0 radical (unpaired) electrons. The van der Waals surface area contributed by atoms with Gasteiger partial charge in [-0.2, -0.15) is 0 Å². The Morgan fingerprint density at radius 1 is 1.47 bits per heavy atom. The minimum atomic E-state index is 0.750. The second-order valence-corrected chi connectivity index (χ2v) is 5.48. The van der Waals surface area contributed by atoms with Gasteiger partial charge in [0.1, 0.15) is 0 Å². The maximum atomic E-state index is 6.16. The summed E-state index contributed by atoms with van der Waals surface area (Å²) >= 11 is 6.16. The van der Waals surface area contributed by atoms with E-state index in [2.05, 4.69) is 24.0 Å². The molecule has 1 aromatic rings. The third-order valence-corrected chi connectivity index (χ3v) is 3.59. The van der Waals surface area contributed by atoms with E-state index in [0.29, 0.717) is 0 Å². The highest BCUT2D eigenvalue weighted by Gasteiger charge is 2.14. The molecule has 17 heavy (non-hydrogen) atoms. The summed E-state index contributed by atoms with van der Waals surface area (Å²) in [7, 11) is 0. The number of halogens is 1. The number of allylic oxidation sites excluding steroid dienone is 1. The van der Waals surface area contributed by atoms with Crippen LogP contribution in [0.1, 0.15) is 30.9 Å². The first-order valence-electron chi connectivity index (χ1n) is 6.31. The molecule has 0 aromatic heterocycles. The smallest absolute Gasteiger partial charge is 0.0414 e. The van der Waals surface area contributed by atoms with Gasteiger partial charge in [-0.3, -0.25) is 0 Å². The Hall–Kier alpha value is -0.790. The van der Waals surface area contributed by atoms with Crippen LogP contribution in [0.2, 0.25) is 5.02 Å². The van der Waals surface area contributed by atoms with E-state index in [1.165, 1.54) is 24.9 Å². The van der Waals surface area contributed by atoms with Crippen LogP contribution in [0, 0.1) is 5.92 Å². The maximum Gasteiger partial charge on any atom is 0.0414 e. The summed E-state index contributed by atoms with van der Waals surface area (Å²) in [6, 6.07) is 6.30. The monoisotopic (exact) mass is 249 g/mol. The van der Waals surface area contributed by atoms with Crippen molar-refractivity contribution in [3.05, 3.63) is 40.9 Å². The molecule has 2 rings (SSSR count). The molecule has 0 aliphatic carbocycles. The van der Waals surface area contributed by atoms with Crippen LogP contribution in [0.3, 0.4) is 0 Å². The SMILES string of the molecule is C=C(C)c1cc(Cl)cc(CC2CCCNC2)c1. The molecule has 1 aromatic carbocycles. The van der Waals surface area contributed by atoms with E-state index < -0.39 is 0 Å². The second-order valence-electron chi connectivity index (χ2n) is 5.04. The van der Waals surface area contributed by atoms with Crippen LogP contribution in [0.5, 0.6) is 0 Å². The normalized spacial score (nSPS) is 20.2. The summed E-state index contributed by atoms with van der Waals surface area (Å²) in [6.07, 6.45) is 3.73. The molecule has 1 unspecified atom stereocenters. The molecule has 1 N–H and O–H groups in total. The van der Waals surface area contributed by atoms with E-state index in [4.69, 9.17) is 11.6 Å². The van der Waals surface area contributed by atoms with Gasteiger partial charge in [0.15, 0.2) is 0 Å². The average molecular weight is 250 g/mol. The first-order valence-corrected chi connectivity index (χ1v) is 6.69. The fourth-order valence-corrected chi connectivity index (χ4v) is 2.70. The van der Waals surface area contributed by atoms with E-state index in [1.807, 2.05) is 13.0 Å². The van der Waals surface area contributed by atoms with Gasteiger partial charge in [-0.1, -0.05) is 29.8 Å². The lowest BCUT2D eigenvalue weighted by atomic mass is 9.91. The predicted molar refractivity (Wildman–Crippen MR) is 75.5 cm³/mol. The first kappa shape index (κ1) is 12.7. The molecule has 2 heteroatoms. The summed E-state index contributed by atoms with van der Waals surface area (Å²) < 4.78 is 0. The number of piperidine rings is 1. The van der Waals surface area contributed by atoms with Crippen molar-refractivity contribution in [1.29, 1.82) is 0 Å². The number of rotatable bonds is 3. The van der Waals surface area contributed by atoms with Crippen LogP contribution in [-0.4, -0.2) is 13.1 Å². The second kappa shape index (κ2) is 5.70. The molecule has 92 valence electrons. The van der Waals surface area contributed by atoms with Crippen molar-refractivity contribution in [3.63, 3.8) is 0 Å². The fourth-order valence-electron chi connectivity index (χ4n) is 2.45. The molecule has 1 heterocycles. The van der Waals surface area contributed by atoms with Gasteiger partial charge in [-0.25, -0.2) is 0 Å². The van der Waals surface area contributed by atoms with Gasteiger partial charge < -0.3 is 5.32 Å². The van der Waals surface area contributed by atoms with Crippen molar-refractivity contribution < 1.29 is 0 Å². The van der Waals surface area contributed by atoms with Crippen molar-refractivity contribution in [2.45, 2.75) is 26.2 Å². The van der Waals surface area contributed by atoms with E-state index in [9.17, 15) is 0 Å². The number of benzene rings is 1. The lowest BCUT2D eigenvalue weighted by Crippen LogP contribution is -2.30. The zero-order valence-corrected chi connectivity index (χ0v) is 11.2. The highest BCUT2D eigenvalue weighted by molar-refractivity contribution is 6.30. The molecule has 1 nitrogen and oxygen atoms in total. The minimum absolute atomic E-state index is 0.750. The van der Waals surface area contributed by atoms with Gasteiger partial charge >= 0.3 is 0 Å². The number of hydrogen-bond acceptors (Lipinski definition) is 1. The minimum Gasteiger partial charge on any atom is -0.316 e. The van der Waals surface area contributed by atoms with E-state index >= 15 is 0 Å². The van der Waals surface area contributed by atoms with Crippen LogP contribution in [0.15, 0.2) is 24.8 Å². The summed E-state index contributed by atoms with van der Waals surface area (Å²) in [4.78, 5) is 0. The maximum absolute atomic E-state index is 6.16. The van der Waals surface area contributed by atoms with Crippen molar-refractivity contribution in [1.82, 2.24) is 5.32 Å². The molecule has 0 bridgehead atoms. The Kier molecular flexibility index (Phi) is 4.25. The van der Waals surface area contributed by atoms with Crippen LogP contribution < -0.4 is 5.32 Å². The Balaban J connectivity index is 2.11. The zero-order chi connectivity index (χ0) is 12.3. The fraction of sp³-hybridized carbons (Fsp3) is 0.467. The molecule has 0 saturated carbocycles. The molecule has 1 saturated heterocycles. The van der Waals surface area contributed by atoms with Gasteiger partial charge in [-0.05, 0) is 68.5 Å². The molecule has 1 fully saturated rings. The average Bonchev–Trinajstić information content (AvgIpc) is 2.29. The van der Waals surface area contributed by atoms with Crippen LogP contribution >= 0.6 is 11.6 Å². The Morgan fingerprint density at radius 3 is 2.94 bits per heavy atom. The van der Waals surface area contributed by atoms with Crippen LogP contribution in [-0.2, 0) is 6.42 Å². The van der Waals surface area contributed by atoms with Gasteiger partial charge in [0.25, 0.3) is 0 Å². The Morgan fingerprint density at radius 2 is 2.29 bits per heavy atom. The molecular formula is C15H20ClN. The van der Waals surface area contributed by atoms with Crippen LogP contribution in [0.4, 0.5) is 0 Å². The third kappa shape index (κ3) is 3.58. The summed E-state index contributed by atoms with van der Waals surface area (Å²) in [5.41, 5.74) is 3.58. The van der Waals surface area contributed by atoms with Crippen molar-refractivity contribution in [3.8, 4) is 0 Å². The standard InChI is InChI=1S/C15H20ClN/c1-11(2)14-7-13(8-15(16)9-14)6-12-4-3-5-17-10-12/h7-9,12,17H,1,3-6,10H2,2H3. The molecule has 0 spiro atoms. The number of nitrogens with one attached hydrogen (secondary N) is 1. The largest absolute Gasteiger partial charge is 0.316 e. The first-order chi connectivity index (χ1) is 8.15. The Bertz CT molecular complexity index is 405. The van der Waals surface area contributed by atoms with Gasteiger partial charge in [0, 0.05) is 5.02 Å².